The molecule has 0 aliphatic rings. The zero-order valence-corrected chi connectivity index (χ0v) is 11.9. The number of carbonyl (C=O) groups excluding carboxylic acids is 1. The first kappa shape index (κ1) is 14.5. The molecule has 0 saturated carbocycles. The van der Waals surface area contributed by atoms with Gasteiger partial charge >= 0.3 is 6.03 Å². The second kappa shape index (κ2) is 6.06. The Labute approximate surface area is 123 Å². The Morgan fingerprint density at radius 1 is 1.29 bits per heavy atom. The van der Waals surface area contributed by atoms with Crippen molar-refractivity contribution in [2.45, 2.75) is 19.4 Å². The maximum atomic E-state index is 12.0. The average Bonchev–Trinajstić information content (AvgIpc) is 2.47. The highest BCUT2D eigenvalue weighted by Gasteiger charge is 2.23. The number of urea groups is 1. The lowest BCUT2D eigenvalue weighted by Crippen LogP contribution is -2.43. The summed E-state index contributed by atoms with van der Waals surface area (Å²) < 4.78 is 0. The van der Waals surface area contributed by atoms with Gasteiger partial charge in [0, 0.05) is 6.20 Å². The largest absolute Gasteiger partial charge is 0.329 e. The first-order valence-corrected chi connectivity index (χ1v) is 6.51. The fourth-order valence-corrected chi connectivity index (χ4v) is 1.93. The molecular formula is C16H16N4O. The van der Waals surface area contributed by atoms with Crippen molar-refractivity contribution < 1.29 is 4.79 Å². The van der Waals surface area contributed by atoms with Crippen molar-refractivity contribution in [3.8, 4) is 6.07 Å². The van der Waals surface area contributed by atoms with Gasteiger partial charge < -0.3 is 10.6 Å². The predicted octanol–water partition coefficient (Wildman–Crippen LogP) is 3.01. The Morgan fingerprint density at radius 2 is 2.10 bits per heavy atom. The summed E-state index contributed by atoms with van der Waals surface area (Å²) in [7, 11) is 0. The van der Waals surface area contributed by atoms with Crippen LogP contribution in [0.3, 0.4) is 0 Å². The molecule has 5 nitrogen and oxygen atoms in total. The van der Waals surface area contributed by atoms with E-state index in [1.807, 2.05) is 19.9 Å². The quantitative estimate of drug-likeness (QED) is 0.907. The molecule has 0 radical (unpaired) electrons. The fourth-order valence-electron chi connectivity index (χ4n) is 1.93. The minimum Gasteiger partial charge on any atom is -0.329 e. The van der Waals surface area contributed by atoms with E-state index in [9.17, 15) is 4.79 Å². The van der Waals surface area contributed by atoms with Gasteiger partial charge in [-0.15, -0.1) is 0 Å². The van der Waals surface area contributed by atoms with Crippen molar-refractivity contribution in [1.29, 1.82) is 5.26 Å². The van der Waals surface area contributed by atoms with Gasteiger partial charge in [0.25, 0.3) is 0 Å². The lowest BCUT2D eigenvalue weighted by molar-refractivity contribution is 0.242. The second-order valence-corrected chi connectivity index (χ2v) is 5.14. The van der Waals surface area contributed by atoms with Crippen molar-refractivity contribution in [1.82, 2.24) is 10.3 Å². The lowest BCUT2D eigenvalue weighted by atomic mass is 9.93. The Kier molecular flexibility index (Phi) is 4.19. The van der Waals surface area contributed by atoms with E-state index in [1.165, 1.54) is 0 Å². The number of nitriles is 1. The number of carbonyl (C=O) groups is 1. The van der Waals surface area contributed by atoms with Gasteiger partial charge in [-0.25, -0.2) is 4.79 Å². The van der Waals surface area contributed by atoms with Gasteiger partial charge in [-0.1, -0.05) is 12.1 Å². The SMILES string of the molecule is CC(C)(NC(=O)Nc1cccnc1)c1cccc(C#N)c1. The molecule has 0 unspecified atom stereocenters. The lowest BCUT2D eigenvalue weighted by Gasteiger charge is -2.27. The molecule has 2 N–H and O–H groups in total. The number of benzene rings is 1. The number of nitrogens with one attached hydrogen (secondary N) is 2. The van der Waals surface area contributed by atoms with Crippen molar-refractivity contribution in [3.05, 3.63) is 59.9 Å². The summed E-state index contributed by atoms with van der Waals surface area (Å²) in [6.07, 6.45) is 3.21. The van der Waals surface area contributed by atoms with Gasteiger partial charge in [0.15, 0.2) is 0 Å². The molecular weight excluding hydrogens is 264 g/mol. The molecule has 0 spiro atoms. The number of pyridine rings is 1. The molecule has 0 saturated heterocycles. The van der Waals surface area contributed by atoms with Crippen LogP contribution in [0.2, 0.25) is 0 Å². The number of rotatable bonds is 3. The van der Waals surface area contributed by atoms with E-state index in [1.54, 1.807) is 42.7 Å². The van der Waals surface area contributed by atoms with Crippen LogP contribution in [0.1, 0.15) is 25.0 Å². The maximum absolute atomic E-state index is 12.0. The molecule has 2 amide bonds. The van der Waals surface area contributed by atoms with E-state index in [-0.39, 0.29) is 6.03 Å². The molecule has 0 bridgehead atoms. The Hall–Kier alpha value is -2.87. The van der Waals surface area contributed by atoms with E-state index in [2.05, 4.69) is 21.7 Å². The van der Waals surface area contributed by atoms with Crippen LogP contribution in [0.5, 0.6) is 0 Å². The number of aromatic nitrogens is 1. The van der Waals surface area contributed by atoms with Gasteiger partial charge in [-0.3, -0.25) is 4.98 Å². The molecule has 21 heavy (non-hydrogen) atoms. The summed E-state index contributed by atoms with van der Waals surface area (Å²) in [6, 6.07) is 12.5. The summed E-state index contributed by atoms with van der Waals surface area (Å²) in [6.45, 7) is 3.76. The van der Waals surface area contributed by atoms with E-state index in [0.717, 1.165) is 5.56 Å². The van der Waals surface area contributed by atoms with Crippen LogP contribution in [0.4, 0.5) is 10.5 Å². The molecule has 2 aromatic rings. The Bertz CT molecular complexity index is 674. The number of hydrogen-bond acceptors (Lipinski definition) is 3. The highest BCUT2D eigenvalue weighted by Crippen LogP contribution is 2.21. The van der Waals surface area contributed by atoms with Gasteiger partial charge in [-0.2, -0.15) is 5.26 Å². The number of nitrogens with zero attached hydrogens (tertiary/aromatic N) is 2. The van der Waals surface area contributed by atoms with Crippen LogP contribution in [0.15, 0.2) is 48.8 Å². The summed E-state index contributed by atoms with van der Waals surface area (Å²) >= 11 is 0. The van der Waals surface area contributed by atoms with Crippen LogP contribution in [0.25, 0.3) is 0 Å². The molecule has 5 heteroatoms. The van der Waals surface area contributed by atoms with Crippen LogP contribution in [-0.2, 0) is 5.54 Å². The van der Waals surface area contributed by atoms with Gasteiger partial charge in [0.1, 0.15) is 0 Å². The van der Waals surface area contributed by atoms with E-state index in [4.69, 9.17) is 5.26 Å². The number of anilines is 1. The molecule has 0 atom stereocenters. The molecule has 1 heterocycles. The van der Waals surface area contributed by atoms with E-state index < -0.39 is 5.54 Å². The van der Waals surface area contributed by atoms with Crippen molar-refractivity contribution in [2.24, 2.45) is 0 Å². The van der Waals surface area contributed by atoms with Crippen LogP contribution in [0, 0.1) is 11.3 Å². The summed E-state index contributed by atoms with van der Waals surface area (Å²) in [4.78, 5) is 16.0. The molecule has 1 aromatic carbocycles. The van der Waals surface area contributed by atoms with Crippen LogP contribution < -0.4 is 10.6 Å². The predicted molar refractivity (Wildman–Crippen MR) is 80.6 cm³/mol. The van der Waals surface area contributed by atoms with Crippen molar-refractivity contribution in [3.63, 3.8) is 0 Å². The average molecular weight is 280 g/mol. The molecule has 106 valence electrons. The standard InChI is InChI=1S/C16H16N4O/c1-16(2,13-6-3-5-12(9-13)10-17)20-15(21)19-14-7-4-8-18-11-14/h3-9,11H,1-2H3,(H2,19,20,21). The highest BCUT2D eigenvalue weighted by molar-refractivity contribution is 5.89. The van der Waals surface area contributed by atoms with Crippen molar-refractivity contribution in [2.75, 3.05) is 5.32 Å². The fraction of sp³-hybridized carbons (Fsp3) is 0.188. The van der Waals surface area contributed by atoms with Gasteiger partial charge in [-0.05, 0) is 43.7 Å². The normalized spacial score (nSPS) is 10.5. The molecule has 0 aliphatic carbocycles. The third-order valence-electron chi connectivity index (χ3n) is 3.06. The first-order chi connectivity index (χ1) is 10.0. The third kappa shape index (κ3) is 3.80. The number of amides is 2. The zero-order chi connectivity index (χ0) is 15.3. The first-order valence-electron chi connectivity index (χ1n) is 6.51. The van der Waals surface area contributed by atoms with E-state index in [0.29, 0.717) is 11.3 Å². The maximum Gasteiger partial charge on any atom is 0.319 e. The Balaban J connectivity index is 2.09. The monoisotopic (exact) mass is 280 g/mol. The van der Waals surface area contributed by atoms with Crippen LogP contribution in [-0.4, -0.2) is 11.0 Å². The summed E-state index contributed by atoms with van der Waals surface area (Å²) in [5.41, 5.74) is 1.45. The topological polar surface area (TPSA) is 77.8 Å². The smallest absolute Gasteiger partial charge is 0.319 e. The van der Waals surface area contributed by atoms with Gasteiger partial charge in [0.2, 0.25) is 0 Å². The molecule has 2 rings (SSSR count). The highest BCUT2D eigenvalue weighted by atomic mass is 16.2. The second-order valence-electron chi connectivity index (χ2n) is 5.14. The van der Waals surface area contributed by atoms with E-state index >= 15 is 0 Å². The van der Waals surface area contributed by atoms with Gasteiger partial charge in [0.05, 0.1) is 29.1 Å². The minimum absolute atomic E-state index is 0.324. The molecule has 0 fully saturated rings. The number of hydrogen-bond donors (Lipinski definition) is 2. The molecule has 0 aliphatic heterocycles. The summed E-state index contributed by atoms with van der Waals surface area (Å²) in [5, 5.41) is 14.6. The molecule has 1 aromatic heterocycles. The van der Waals surface area contributed by atoms with Crippen LogP contribution >= 0.6 is 0 Å². The summed E-state index contributed by atoms with van der Waals surface area (Å²) in [5.74, 6) is 0. The third-order valence-corrected chi connectivity index (χ3v) is 3.06. The zero-order valence-electron chi connectivity index (χ0n) is 11.9. The minimum atomic E-state index is -0.598. The van der Waals surface area contributed by atoms with Crippen molar-refractivity contribution >= 4 is 11.7 Å². The Morgan fingerprint density at radius 3 is 2.76 bits per heavy atom.